The van der Waals surface area contributed by atoms with Gasteiger partial charge in [0.2, 0.25) is 0 Å². The lowest BCUT2D eigenvalue weighted by Crippen LogP contribution is -2.05. The Morgan fingerprint density at radius 2 is 2.00 bits per heavy atom. The van der Waals surface area contributed by atoms with Gasteiger partial charge < -0.3 is 15.5 Å². The minimum Gasteiger partial charge on any atom is -0.462 e. The van der Waals surface area contributed by atoms with Crippen LogP contribution < -0.4 is 5.73 Å². The number of nitrogens with one attached hydrogen (secondary N) is 1. The standard InChI is InChI=1S/C17H17N3O2/c1-2-9-22-17(21)12-5-3-11(4-6-12)16-19-14-8-7-13(18)10-15(14)20-16/h3-8,10H,2,9,18H2,1H3,(H,19,20). The molecule has 2 aromatic carbocycles. The molecule has 0 aliphatic carbocycles. The topological polar surface area (TPSA) is 81.0 Å². The van der Waals surface area contributed by atoms with E-state index in [9.17, 15) is 4.79 Å². The lowest BCUT2D eigenvalue weighted by molar-refractivity contribution is 0.0505. The molecule has 0 saturated heterocycles. The third kappa shape index (κ3) is 2.79. The molecule has 3 aromatic rings. The van der Waals surface area contributed by atoms with E-state index in [1.807, 2.05) is 37.3 Å². The van der Waals surface area contributed by atoms with E-state index >= 15 is 0 Å². The average molecular weight is 295 g/mol. The van der Waals surface area contributed by atoms with Crippen molar-refractivity contribution in [3.05, 3.63) is 48.0 Å². The number of imidazole rings is 1. The number of anilines is 1. The molecular formula is C17H17N3O2. The highest BCUT2D eigenvalue weighted by Gasteiger charge is 2.09. The zero-order valence-electron chi connectivity index (χ0n) is 12.3. The Bertz CT molecular complexity index is 806. The Morgan fingerprint density at radius 3 is 2.73 bits per heavy atom. The van der Waals surface area contributed by atoms with E-state index in [4.69, 9.17) is 10.5 Å². The first-order chi connectivity index (χ1) is 10.7. The molecule has 0 amide bonds. The van der Waals surface area contributed by atoms with Crippen LogP contribution in [-0.4, -0.2) is 22.5 Å². The van der Waals surface area contributed by atoms with Crippen molar-refractivity contribution in [2.24, 2.45) is 0 Å². The van der Waals surface area contributed by atoms with Crippen molar-refractivity contribution in [3.8, 4) is 11.4 Å². The van der Waals surface area contributed by atoms with Crippen LogP contribution in [0.5, 0.6) is 0 Å². The molecule has 5 heteroatoms. The molecule has 3 N–H and O–H groups in total. The number of carbonyl (C=O) groups excluding carboxylic acids is 1. The number of hydrogen-bond acceptors (Lipinski definition) is 4. The zero-order valence-corrected chi connectivity index (χ0v) is 12.3. The Balaban J connectivity index is 1.86. The molecule has 3 rings (SSSR count). The summed E-state index contributed by atoms with van der Waals surface area (Å²) in [7, 11) is 0. The molecule has 0 spiro atoms. The number of H-pyrrole nitrogens is 1. The summed E-state index contributed by atoms with van der Waals surface area (Å²) in [4.78, 5) is 19.5. The maximum atomic E-state index is 11.8. The number of rotatable bonds is 4. The van der Waals surface area contributed by atoms with Gasteiger partial charge in [-0.3, -0.25) is 0 Å². The van der Waals surface area contributed by atoms with Crippen molar-refractivity contribution in [1.29, 1.82) is 0 Å². The summed E-state index contributed by atoms with van der Waals surface area (Å²) in [5.41, 5.74) is 9.65. The largest absolute Gasteiger partial charge is 0.462 e. The van der Waals surface area contributed by atoms with Crippen LogP contribution in [0.15, 0.2) is 42.5 Å². The molecule has 0 atom stereocenters. The molecule has 112 valence electrons. The normalized spacial score (nSPS) is 10.8. The van der Waals surface area contributed by atoms with Gasteiger partial charge in [-0.1, -0.05) is 19.1 Å². The third-order valence-electron chi connectivity index (χ3n) is 3.34. The molecular weight excluding hydrogens is 278 g/mol. The second kappa shape index (κ2) is 5.89. The number of benzene rings is 2. The van der Waals surface area contributed by atoms with Crippen LogP contribution in [0.4, 0.5) is 5.69 Å². The molecule has 0 aliphatic heterocycles. The van der Waals surface area contributed by atoms with Gasteiger partial charge in [0.15, 0.2) is 0 Å². The summed E-state index contributed by atoms with van der Waals surface area (Å²) < 4.78 is 5.11. The van der Waals surface area contributed by atoms with Crippen LogP contribution in [0.25, 0.3) is 22.4 Å². The van der Waals surface area contributed by atoms with E-state index in [0.717, 1.165) is 28.8 Å². The molecule has 0 aliphatic rings. The highest BCUT2D eigenvalue weighted by atomic mass is 16.5. The molecule has 0 radical (unpaired) electrons. The van der Waals surface area contributed by atoms with Gasteiger partial charge in [0, 0.05) is 11.3 Å². The average Bonchev–Trinajstić information content (AvgIpc) is 2.95. The second-order valence-electron chi connectivity index (χ2n) is 5.08. The highest BCUT2D eigenvalue weighted by Crippen LogP contribution is 2.22. The van der Waals surface area contributed by atoms with Crippen LogP contribution in [0.2, 0.25) is 0 Å². The fraction of sp³-hybridized carbons (Fsp3) is 0.176. The van der Waals surface area contributed by atoms with Crippen molar-refractivity contribution >= 4 is 22.7 Å². The first kappa shape index (κ1) is 14.1. The second-order valence-corrected chi connectivity index (χ2v) is 5.08. The summed E-state index contributed by atoms with van der Waals surface area (Å²) in [5, 5.41) is 0. The lowest BCUT2D eigenvalue weighted by Gasteiger charge is -2.03. The van der Waals surface area contributed by atoms with Crippen LogP contribution in [-0.2, 0) is 4.74 Å². The van der Waals surface area contributed by atoms with Crippen LogP contribution >= 0.6 is 0 Å². The number of aromatic nitrogens is 2. The highest BCUT2D eigenvalue weighted by molar-refractivity contribution is 5.90. The molecule has 5 nitrogen and oxygen atoms in total. The van der Waals surface area contributed by atoms with Gasteiger partial charge in [0.05, 0.1) is 23.2 Å². The third-order valence-corrected chi connectivity index (χ3v) is 3.34. The summed E-state index contributed by atoms with van der Waals surface area (Å²) in [5.74, 6) is 0.444. The fourth-order valence-electron chi connectivity index (χ4n) is 2.21. The number of esters is 1. The number of fused-ring (bicyclic) bond motifs is 1. The van der Waals surface area contributed by atoms with E-state index in [0.29, 0.717) is 17.9 Å². The minimum atomic E-state index is -0.300. The van der Waals surface area contributed by atoms with Gasteiger partial charge in [-0.2, -0.15) is 0 Å². The van der Waals surface area contributed by atoms with Crippen LogP contribution in [0, 0.1) is 0 Å². The van der Waals surface area contributed by atoms with E-state index in [1.54, 1.807) is 12.1 Å². The minimum absolute atomic E-state index is 0.300. The molecule has 0 unspecified atom stereocenters. The van der Waals surface area contributed by atoms with E-state index < -0.39 is 0 Å². The van der Waals surface area contributed by atoms with Gasteiger partial charge in [-0.15, -0.1) is 0 Å². The Labute approximate surface area is 128 Å². The Morgan fingerprint density at radius 1 is 1.23 bits per heavy atom. The molecule has 0 fully saturated rings. The van der Waals surface area contributed by atoms with Crippen molar-refractivity contribution in [3.63, 3.8) is 0 Å². The first-order valence-electron chi connectivity index (χ1n) is 7.20. The summed E-state index contributed by atoms with van der Waals surface area (Å²) in [6.07, 6.45) is 0.811. The molecule has 1 aromatic heterocycles. The van der Waals surface area contributed by atoms with Crippen molar-refractivity contribution < 1.29 is 9.53 Å². The Kier molecular flexibility index (Phi) is 3.78. The van der Waals surface area contributed by atoms with Crippen LogP contribution in [0.3, 0.4) is 0 Å². The lowest BCUT2D eigenvalue weighted by atomic mass is 10.1. The molecule has 0 saturated carbocycles. The van der Waals surface area contributed by atoms with Gasteiger partial charge in [0.1, 0.15) is 5.82 Å². The number of aromatic amines is 1. The maximum absolute atomic E-state index is 11.8. The fourth-order valence-corrected chi connectivity index (χ4v) is 2.21. The van der Waals surface area contributed by atoms with Gasteiger partial charge in [-0.05, 0) is 36.8 Å². The number of nitrogens with zero attached hydrogens (tertiary/aromatic N) is 1. The first-order valence-corrected chi connectivity index (χ1v) is 7.20. The molecule has 0 bridgehead atoms. The predicted molar refractivity (Wildman–Crippen MR) is 86.5 cm³/mol. The number of nitrogen functional groups attached to an aromatic ring is 1. The number of hydrogen-bond donors (Lipinski definition) is 2. The molecule has 22 heavy (non-hydrogen) atoms. The van der Waals surface area contributed by atoms with Crippen molar-refractivity contribution in [2.75, 3.05) is 12.3 Å². The number of nitrogens with two attached hydrogens (primary N) is 1. The van der Waals surface area contributed by atoms with Crippen molar-refractivity contribution in [2.45, 2.75) is 13.3 Å². The maximum Gasteiger partial charge on any atom is 0.338 e. The zero-order chi connectivity index (χ0) is 15.5. The summed E-state index contributed by atoms with van der Waals surface area (Å²) in [6, 6.07) is 12.7. The van der Waals surface area contributed by atoms with Crippen molar-refractivity contribution in [1.82, 2.24) is 9.97 Å². The Hall–Kier alpha value is -2.82. The predicted octanol–water partition coefficient (Wildman–Crippen LogP) is 3.38. The van der Waals surface area contributed by atoms with E-state index in [-0.39, 0.29) is 5.97 Å². The smallest absolute Gasteiger partial charge is 0.338 e. The molecule has 1 heterocycles. The van der Waals surface area contributed by atoms with E-state index in [1.165, 1.54) is 0 Å². The van der Waals surface area contributed by atoms with Crippen LogP contribution in [0.1, 0.15) is 23.7 Å². The van der Waals surface area contributed by atoms with E-state index in [2.05, 4.69) is 9.97 Å². The number of ether oxygens (including phenoxy) is 1. The van der Waals surface area contributed by atoms with Gasteiger partial charge in [0.25, 0.3) is 0 Å². The summed E-state index contributed by atoms with van der Waals surface area (Å²) in [6.45, 7) is 2.40. The SMILES string of the molecule is CCCOC(=O)c1ccc(-c2nc3ccc(N)cc3[nH]2)cc1. The quantitative estimate of drug-likeness (QED) is 0.571. The number of carbonyl (C=O) groups is 1. The van der Waals surface area contributed by atoms with Gasteiger partial charge in [-0.25, -0.2) is 9.78 Å². The summed E-state index contributed by atoms with van der Waals surface area (Å²) >= 11 is 0. The van der Waals surface area contributed by atoms with Gasteiger partial charge >= 0.3 is 5.97 Å². The monoisotopic (exact) mass is 295 g/mol.